The van der Waals surface area contributed by atoms with Gasteiger partial charge in [-0.15, -0.1) is 0 Å². The molecule has 9 nitrogen and oxygen atoms in total. The molecular weight excluding hydrogens is 521 g/mol. The molecular formula is C31H28FN7O2. The number of benzene rings is 4. The summed E-state index contributed by atoms with van der Waals surface area (Å²) in [6.45, 7) is 2.65. The topological polar surface area (TPSA) is 106 Å². The molecule has 0 atom stereocenters. The molecule has 0 amide bonds. The summed E-state index contributed by atoms with van der Waals surface area (Å²) in [5, 5.41) is 10.7. The van der Waals surface area contributed by atoms with Gasteiger partial charge in [0.1, 0.15) is 12.4 Å². The summed E-state index contributed by atoms with van der Waals surface area (Å²) < 4.78 is 24.9. The van der Waals surface area contributed by atoms with Crippen molar-refractivity contribution in [2.24, 2.45) is 5.10 Å². The van der Waals surface area contributed by atoms with E-state index in [9.17, 15) is 4.39 Å². The molecule has 206 valence electrons. The molecule has 0 fully saturated rings. The lowest BCUT2D eigenvalue weighted by molar-refractivity contribution is 0.269. The number of hydrogen-bond donors (Lipinski definition) is 3. The van der Waals surface area contributed by atoms with Crippen LogP contribution in [0.4, 0.5) is 33.6 Å². The van der Waals surface area contributed by atoms with Crippen LogP contribution in [0.3, 0.4) is 0 Å². The highest BCUT2D eigenvalue weighted by Crippen LogP contribution is 2.29. The molecule has 3 N–H and O–H groups in total. The van der Waals surface area contributed by atoms with Crippen LogP contribution >= 0.6 is 0 Å². The van der Waals surface area contributed by atoms with Gasteiger partial charge in [0.25, 0.3) is 0 Å². The first kappa shape index (κ1) is 27.1. The van der Waals surface area contributed by atoms with E-state index in [2.05, 4.69) is 36.1 Å². The van der Waals surface area contributed by atoms with E-state index in [-0.39, 0.29) is 18.4 Å². The number of aromatic nitrogens is 3. The van der Waals surface area contributed by atoms with E-state index in [4.69, 9.17) is 9.47 Å². The van der Waals surface area contributed by atoms with E-state index in [1.807, 2.05) is 85.8 Å². The first-order chi connectivity index (χ1) is 20.1. The fourth-order valence-corrected chi connectivity index (χ4v) is 3.74. The number of para-hydroxylation sites is 2. The SMILES string of the molecule is CCOc1cc(/C=N/Nc2nc(Nc3ccccc3)nc(Nc3ccccc3)n2)ccc1OCc1ccc(F)cc1. The van der Waals surface area contributed by atoms with Gasteiger partial charge in [0.2, 0.25) is 17.8 Å². The quantitative estimate of drug-likeness (QED) is 0.114. The van der Waals surface area contributed by atoms with Crippen molar-refractivity contribution in [2.75, 3.05) is 22.7 Å². The number of ether oxygens (including phenoxy) is 2. The fourth-order valence-electron chi connectivity index (χ4n) is 3.74. The van der Waals surface area contributed by atoms with Crippen molar-refractivity contribution >= 4 is 35.4 Å². The van der Waals surface area contributed by atoms with Crippen LogP contribution in [0.5, 0.6) is 11.5 Å². The number of hydrogen-bond acceptors (Lipinski definition) is 9. The van der Waals surface area contributed by atoms with E-state index in [0.29, 0.717) is 30.0 Å². The molecule has 0 saturated heterocycles. The molecule has 41 heavy (non-hydrogen) atoms. The molecule has 0 radical (unpaired) electrons. The highest BCUT2D eigenvalue weighted by atomic mass is 19.1. The molecule has 4 aromatic carbocycles. The Hall–Kier alpha value is -5.51. The molecule has 1 heterocycles. The van der Waals surface area contributed by atoms with Crippen molar-refractivity contribution in [3.8, 4) is 11.5 Å². The molecule has 5 rings (SSSR count). The van der Waals surface area contributed by atoms with Crippen molar-refractivity contribution in [1.29, 1.82) is 0 Å². The molecule has 0 saturated carbocycles. The lowest BCUT2D eigenvalue weighted by atomic mass is 10.2. The van der Waals surface area contributed by atoms with Gasteiger partial charge < -0.3 is 20.1 Å². The maximum absolute atomic E-state index is 13.2. The van der Waals surface area contributed by atoms with Crippen LogP contribution in [0.2, 0.25) is 0 Å². The lowest BCUT2D eigenvalue weighted by Crippen LogP contribution is -2.07. The second-order valence-corrected chi connectivity index (χ2v) is 8.71. The van der Waals surface area contributed by atoms with Crippen molar-refractivity contribution in [3.63, 3.8) is 0 Å². The van der Waals surface area contributed by atoms with E-state index in [0.717, 1.165) is 22.5 Å². The standard InChI is InChI=1S/C31H28FN7O2/c1-2-40-28-19-23(15-18-27(28)41-21-22-13-16-24(32)17-14-22)20-33-39-31-37-29(34-25-9-5-3-6-10-25)36-30(38-31)35-26-11-7-4-8-12-26/h3-20H,2,21H2,1H3,(H3,34,35,36,37,38,39)/b33-20+. The van der Waals surface area contributed by atoms with Crippen molar-refractivity contribution in [1.82, 2.24) is 15.0 Å². The Morgan fingerprint density at radius 2 is 1.32 bits per heavy atom. The van der Waals surface area contributed by atoms with Crippen molar-refractivity contribution in [2.45, 2.75) is 13.5 Å². The van der Waals surface area contributed by atoms with Gasteiger partial charge in [-0.3, -0.25) is 0 Å². The van der Waals surface area contributed by atoms with Crippen LogP contribution in [-0.2, 0) is 6.61 Å². The number of nitrogens with one attached hydrogen (secondary N) is 3. The Kier molecular flexibility index (Phi) is 8.93. The Balaban J connectivity index is 1.31. The maximum atomic E-state index is 13.2. The van der Waals surface area contributed by atoms with Gasteiger partial charge in [-0.05, 0) is 72.6 Å². The third-order valence-electron chi connectivity index (χ3n) is 5.65. The lowest BCUT2D eigenvalue weighted by Gasteiger charge is -2.12. The number of nitrogens with zero attached hydrogens (tertiary/aromatic N) is 4. The van der Waals surface area contributed by atoms with E-state index in [1.54, 1.807) is 18.3 Å². The summed E-state index contributed by atoms with van der Waals surface area (Å²) in [4.78, 5) is 13.4. The molecule has 5 aromatic rings. The first-order valence-electron chi connectivity index (χ1n) is 13.0. The summed E-state index contributed by atoms with van der Waals surface area (Å²) in [7, 11) is 0. The Morgan fingerprint density at radius 3 is 1.93 bits per heavy atom. The van der Waals surface area contributed by atoms with E-state index >= 15 is 0 Å². The second kappa shape index (κ2) is 13.5. The second-order valence-electron chi connectivity index (χ2n) is 8.71. The third kappa shape index (κ3) is 7.99. The zero-order chi connectivity index (χ0) is 28.3. The number of anilines is 5. The molecule has 0 unspecified atom stereocenters. The van der Waals surface area contributed by atoms with Gasteiger partial charge in [0.05, 0.1) is 12.8 Å². The Bertz CT molecular complexity index is 1520. The summed E-state index contributed by atoms with van der Waals surface area (Å²) >= 11 is 0. The largest absolute Gasteiger partial charge is 0.490 e. The Morgan fingerprint density at radius 1 is 0.707 bits per heavy atom. The van der Waals surface area contributed by atoms with Gasteiger partial charge in [-0.25, -0.2) is 9.82 Å². The van der Waals surface area contributed by atoms with Crippen molar-refractivity contribution in [3.05, 3.63) is 120 Å². The average molecular weight is 550 g/mol. The smallest absolute Gasteiger partial charge is 0.250 e. The molecule has 0 bridgehead atoms. The summed E-state index contributed by atoms with van der Waals surface area (Å²) in [5.41, 5.74) is 6.18. The van der Waals surface area contributed by atoms with Gasteiger partial charge in [-0.1, -0.05) is 48.5 Å². The van der Waals surface area contributed by atoms with E-state index < -0.39 is 0 Å². The highest BCUT2D eigenvalue weighted by molar-refractivity contribution is 5.81. The third-order valence-corrected chi connectivity index (χ3v) is 5.65. The molecule has 10 heteroatoms. The predicted octanol–water partition coefficient (Wildman–Crippen LogP) is 6.92. The minimum Gasteiger partial charge on any atom is -0.490 e. The molecule has 0 aliphatic carbocycles. The number of halogens is 1. The molecule has 0 aliphatic heterocycles. The zero-order valence-electron chi connectivity index (χ0n) is 22.3. The summed E-state index contributed by atoms with van der Waals surface area (Å²) in [6.07, 6.45) is 1.63. The zero-order valence-corrected chi connectivity index (χ0v) is 22.3. The average Bonchev–Trinajstić information content (AvgIpc) is 2.99. The maximum Gasteiger partial charge on any atom is 0.250 e. The fraction of sp³-hybridized carbons (Fsp3) is 0.0968. The molecule has 0 spiro atoms. The molecule has 0 aliphatic rings. The summed E-state index contributed by atoms with van der Waals surface area (Å²) in [5.74, 6) is 1.81. The van der Waals surface area contributed by atoms with Crippen LogP contribution in [0.25, 0.3) is 0 Å². The number of hydrazone groups is 1. The van der Waals surface area contributed by atoms with Gasteiger partial charge in [-0.2, -0.15) is 20.1 Å². The van der Waals surface area contributed by atoms with Crippen LogP contribution in [0, 0.1) is 5.82 Å². The van der Waals surface area contributed by atoms with Crippen LogP contribution < -0.4 is 25.5 Å². The molecule has 1 aromatic heterocycles. The van der Waals surface area contributed by atoms with Gasteiger partial charge in [0, 0.05) is 11.4 Å². The van der Waals surface area contributed by atoms with Crippen LogP contribution in [0.15, 0.2) is 108 Å². The van der Waals surface area contributed by atoms with Gasteiger partial charge >= 0.3 is 0 Å². The Labute approximate surface area is 237 Å². The first-order valence-corrected chi connectivity index (χ1v) is 13.0. The monoisotopic (exact) mass is 549 g/mol. The number of rotatable bonds is 12. The predicted molar refractivity (Wildman–Crippen MR) is 159 cm³/mol. The minimum absolute atomic E-state index is 0.248. The van der Waals surface area contributed by atoms with Gasteiger partial charge in [0.15, 0.2) is 11.5 Å². The van der Waals surface area contributed by atoms with Crippen LogP contribution in [0.1, 0.15) is 18.1 Å². The highest BCUT2D eigenvalue weighted by Gasteiger charge is 2.09. The van der Waals surface area contributed by atoms with Crippen molar-refractivity contribution < 1.29 is 13.9 Å². The van der Waals surface area contributed by atoms with Crippen LogP contribution in [-0.4, -0.2) is 27.8 Å². The summed E-state index contributed by atoms with van der Waals surface area (Å²) in [6, 6.07) is 30.9. The minimum atomic E-state index is -0.287. The normalized spacial score (nSPS) is 10.8. The van der Waals surface area contributed by atoms with E-state index in [1.165, 1.54) is 12.1 Å².